The first-order valence-corrected chi connectivity index (χ1v) is 11.4. The molecule has 3 rings (SSSR count). The highest BCUT2D eigenvalue weighted by Gasteiger charge is 2.54. The summed E-state index contributed by atoms with van der Waals surface area (Å²) in [5.74, 6) is -0.640. The molecular weight excluding hydrogens is 494 g/mol. The van der Waals surface area contributed by atoms with Gasteiger partial charge in [-0.3, -0.25) is 4.79 Å². The third-order valence-corrected chi connectivity index (χ3v) is 6.45. The number of nitrogens with one attached hydrogen (secondary N) is 1. The first kappa shape index (κ1) is 29.5. The largest absolute Gasteiger partial charge is 0.394 e. The fraction of sp³-hybridized carbons (Fsp3) is 0.950. The van der Waals surface area contributed by atoms with E-state index in [9.17, 15) is 50.8 Å². The Morgan fingerprint density at radius 1 is 0.722 bits per heavy atom. The van der Waals surface area contributed by atoms with Crippen molar-refractivity contribution in [2.45, 2.75) is 106 Å². The van der Waals surface area contributed by atoms with E-state index < -0.39 is 111 Å². The summed E-state index contributed by atoms with van der Waals surface area (Å²) in [5, 5.41) is 93.2. The highest BCUT2D eigenvalue weighted by atomic mass is 16.7. The Morgan fingerprint density at radius 2 is 1.25 bits per heavy atom. The Morgan fingerprint density at radius 3 is 1.81 bits per heavy atom. The molecule has 3 saturated heterocycles. The first-order valence-electron chi connectivity index (χ1n) is 11.4. The molecule has 16 nitrogen and oxygen atoms in total. The number of aliphatic hydroxyl groups is 9. The summed E-state index contributed by atoms with van der Waals surface area (Å²) in [7, 11) is 0. The molecule has 36 heavy (non-hydrogen) atoms. The monoisotopic (exact) mass is 529 g/mol. The predicted molar refractivity (Wildman–Crippen MR) is 111 cm³/mol. The fourth-order valence-electron chi connectivity index (χ4n) is 4.40. The number of hydrogen-bond donors (Lipinski definition) is 10. The second-order valence-corrected chi connectivity index (χ2v) is 9.05. The van der Waals surface area contributed by atoms with E-state index in [-0.39, 0.29) is 0 Å². The fourth-order valence-corrected chi connectivity index (χ4v) is 4.40. The van der Waals surface area contributed by atoms with Crippen LogP contribution in [0, 0.1) is 0 Å². The van der Waals surface area contributed by atoms with Gasteiger partial charge in [-0.25, -0.2) is 0 Å². The highest BCUT2D eigenvalue weighted by Crippen LogP contribution is 2.32. The molecule has 3 aliphatic rings. The summed E-state index contributed by atoms with van der Waals surface area (Å²) in [5.41, 5.74) is 0. The lowest BCUT2D eigenvalue weighted by molar-refractivity contribution is -0.370. The van der Waals surface area contributed by atoms with Crippen molar-refractivity contribution in [2.24, 2.45) is 0 Å². The average Bonchev–Trinajstić information content (AvgIpc) is 2.84. The summed E-state index contributed by atoms with van der Waals surface area (Å²) in [6.07, 6.45) is -22.0. The molecule has 210 valence electrons. The molecule has 0 saturated carbocycles. The zero-order chi connectivity index (χ0) is 26.9. The van der Waals surface area contributed by atoms with Crippen LogP contribution in [0.5, 0.6) is 0 Å². The second-order valence-electron chi connectivity index (χ2n) is 9.05. The molecule has 0 aromatic carbocycles. The molecule has 0 unspecified atom stereocenters. The third-order valence-electron chi connectivity index (χ3n) is 6.45. The molecule has 0 aliphatic carbocycles. The number of amides is 1. The maximum absolute atomic E-state index is 11.8. The minimum Gasteiger partial charge on any atom is -0.394 e. The molecule has 0 aromatic rings. The quantitative estimate of drug-likeness (QED) is 0.147. The smallest absolute Gasteiger partial charge is 0.217 e. The molecule has 16 heteroatoms. The van der Waals surface area contributed by atoms with Crippen molar-refractivity contribution < 1.29 is 74.4 Å². The Balaban J connectivity index is 1.92. The molecule has 0 bridgehead atoms. The van der Waals surface area contributed by atoms with Gasteiger partial charge in [-0.15, -0.1) is 0 Å². The normalized spacial score (nSPS) is 50.0. The van der Waals surface area contributed by atoms with Gasteiger partial charge in [0.15, 0.2) is 18.9 Å². The maximum Gasteiger partial charge on any atom is 0.217 e. The Bertz CT molecular complexity index is 729. The standard InChI is InChI=1S/C20H35NO15/c1-5-10(25)12(27)14(29)19(32-5)36-17-9(21-6(2)24)18(31)33-8(4-23)16(17)35-20-15(30)13(28)11(26)7(3-22)34-20/h5,7-20,22-23,25-31H,3-4H2,1-2H3,(H,21,24)/t5-,7-,8+,9-,10+,11+,12-,13+,14-,15+,16-,17+,18+,19-,20+/m0/s1. The topological polar surface area (TPSA) is 257 Å². The predicted octanol–water partition coefficient (Wildman–Crippen LogP) is -6.40. The van der Waals surface area contributed by atoms with Gasteiger partial charge in [-0.2, -0.15) is 0 Å². The van der Waals surface area contributed by atoms with Gasteiger partial charge < -0.3 is 75.0 Å². The van der Waals surface area contributed by atoms with E-state index in [1.54, 1.807) is 0 Å². The summed E-state index contributed by atoms with van der Waals surface area (Å²) in [4.78, 5) is 11.8. The minimum atomic E-state index is -1.85. The van der Waals surface area contributed by atoms with E-state index in [2.05, 4.69) is 5.32 Å². The number of ether oxygens (including phenoxy) is 5. The van der Waals surface area contributed by atoms with Crippen molar-refractivity contribution in [3.05, 3.63) is 0 Å². The second kappa shape index (κ2) is 12.2. The maximum atomic E-state index is 11.8. The third kappa shape index (κ3) is 5.97. The summed E-state index contributed by atoms with van der Waals surface area (Å²) < 4.78 is 27.7. The van der Waals surface area contributed by atoms with Gasteiger partial charge in [-0.05, 0) is 6.92 Å². The lowest BCUT2D eigenvalue weighted by Gasteiger charge is -2.49. The van der Waals surface area contributed by atoms with Crippen LogP contribution in [0.4, 0.5) is 0 Å². The van der Waals surface area contributed by atoms with Crippen LogP contribution in [-0.4, -0.2) is 157 Å². The van der Waals surface area contributed by atoms with Crippen LogP contribution in [0.25, 0.3) is 0 Å². The number of rotatable bonds is 7. The molecule has 3 fully saturated rings. The van der Waals surface area contributed by atoms with Gasteiger partial charge in [0.1, 0.15) is 67.1 Å². The Hall–Kier alpha value is -1.09. The molecule has 3 aliphatic heterocycles. The number of carbonyl (C=O) groups is 1. The van der Waals surface area contributed by atoms with Gasteiger partial charge in [0.2, 0.25) is 5.91 Å². The van der Waals surface area contributed by atoms with Crippen LogP contribution in [0.2, 0.25) is 0 Å². The van der Waals surface area contributed by atoms with E-state index >= 15 is 0 Å². The Kier molecular flexibility index (Phi) is 9.97. The average molecular weight is 529 g/mol. The molecule has 1 amide bonds. The van der Waals surface area contributed by atoms with Crippen molar-refractivity contribution in [1.29, 1.82) is 0 Å². The van der Waals surface area contributed by atoms with Gasteiger partial charge in [0.05, 0.1) is 19.3 Å². The highest BCUT2D eigenvalue weighted by molar-refractivity contribution is 5.73. The van der Waals surface area contributed by atoms with Gasteiger partial charge >= 0.3 is 0 Å². The van der Waals surface area contributed by atoms with E-state index in [4.69, 9.17) is 23.7 Å². The zero-order valence-corrected chi connectivity index (χ0v) is 19.5. The zero-order valence-electron chi connectivity index (χ0n) is 19.5. The van der Waals surface area contributed by atoms with Crippen LogP contribution in [0.1, 0.15) is 13.8 Å². The molecule has 10 N–H and O–H groups in total. The van der Waals surface area contributed by atoms with Gasteiger partial charge in [-0.1, -0.05) is 0 Å². The minimum absolute atomic E-state index is 0.640. The molecule has 3 heterocycles. The molecule has 0 aromatic heterocycles. The number of aliphatic hydroxyl groups excluding tert-OH is 9. The van der Waals surface area contributed by atoms with Crippen molar-refractivity contribution in [2.75, 3.05) is 13.2 Å². The van der Waals surface area contributed by atoms with Crippen molar-refractivity contribution >= 4 is 5.91 Å². The Labute approximate surface area is 205 Å². The van der Waals surface area contributed by atoms with Crippen molar-refractivity contribution in [3.63, 3.8) is 0 Å². The molecule has 0 spiro atoms. The number of hydrogen-bond acceptors (Lipinski definition) is 15. The van der Waals surface area contributed by atoms with Crippen LogP contribution in [-0.2, 0) is 28.5 Å². The van der Waals surface area contributed by atoms with Gasteiger partial charge in [0.25, 0.3) is 0 Å². The van der Waals surface area contributed by atoms with Gasteiger partial charge in [0, 0.05) is 6.92 Å². The van der Waals surface area contributed by atoms with Crippen LogP contribution in [0.3, 0.4) is 0 Å². The first-order chi connectivity index (χ1) is 16.9. The molecular formula is C20H35NO15. The number of carbonyl (C=O) groups excluding carboxylic acids is 1. The summed E-state index contributed by atoms with van der Waals surface area (Å²) in [6.45, 7) is 1.00. The summed E-state index contributed by atoms with van der Waals surface area (Å²) in [6, 6.07) is -1.41. The SMILES string of the molecule is CC(=O)N[C@H]1[C@@H](O[C@@H]2O[C@@H](C)[C@@H](O)[C@H](O)[C@@H]2O)[C@@H](O[C@H]2O[C@@H](CO)[C@@H](O)[C@@H](O)[C@H]2O)[C@@H](CO)O[C@H]1O. The van der Waals surface area contributed by atoms with Crippen molar-refractivity contribution in [1.82, 2.24) is 5.32 Å². The van der Waals surface area contributed by atoms with E-state index in [1.807, 2.05) is 0 Å². The van der Waals surface area contributed by atoms with Crippen molar-refractivity contribution in [3.8, 4) is 0 Å². The molecule has 0 radical (unpaired) electrons. The van der Waals surface area contributed by atoms with E-state index in [1.165, 1.54) is 6.92 Å². The lowest BCUT2D eigenvalue weighted by atomic mass is 9.94. The molecule has 15 atom stereocenters. The summed E-state index contributed by atoms with van der Waals surface area (Å²) >= 11 is 0. The van der Waals surface area contributed by atoms with Crippen LogP contribution < -0.4 is 5.32 Å². The van der Waals surface area contributed by atoms with E-state index in [0.717, 1.165) is 6.92 Å². The van der Waals surface area contributed by atoms with Crippen LogP contribution >= 0.6 is 0 Å². The lowest BCUT2D eigenvalue weighted by Crippen LogP contribution is -2.69. The van der Waals surface area contributed by atoms with Crippen LogP contribution in [0.15, 0.2) is 0 Å². The van der Waals surface area contributed by atoms with E-state index in [0.29, 0.717) is 0 Å².